The number of hydrogen-bond acceptors (Lipinski definition) is 4. The van der Waals surface area contributed by atoms with Gasteiger partial charge in [-0.25, -0.2) is 4.79 Å². The lowest BCUT2D eigenvalue weighted by Gasteiger charge is -2.43. The Labute approximate surface area is 171 Å². The summed E-state index contributed by atoms with van der Waals surface area (Å²) < 4.78 is 46.2. The van der Waals surface area contributed by atoms with E-state index in [0.29, 0.717) is 19.6 Å². The third kappa shape index (κ3) is 8.12. The van der Waals surface area contributed by atoms with Crippen LogP contribution in [-0.2, 0) is 4.74 Å². The fourth-order valence-electron chi connectivity index (χ4n) is 3.18. The van der Waals surface area contributed by atoms with E-state index in [1.54, 1.807) is 17.0 Å². The number of alkyl halides is 3. The smallest absolute Gasteiger partial charge is 0.444 e. The zero-order valence-electron chi connectivity index (χ0n) is 18.3. The van der Waals surface area contributed by atoms with E-state index >= 15 is 0 Å². The van der Waals surface area contributed by atoms with Crippen molar-refractivity contribution in [1.29, 1.82) is 0 Å². The largest absolute Gasteiger partial charge is 0.573 e. The van der Waals surface area contributed by atoms with Crippen molar-refractivity contribution in [3.8, 4) is 5.75 Å². The predicted octanol–water partition coefficient (Wildman–Crippen LogP) is 5.61. The van der Waals surface area contributed by atoms with Crippen LogP contribution in [0.3, 0.4) is 0 Å². The highest BCUT2D eigenvalue weighted by Crippen LogP contribution is 2.29. The lowest BCUT2D eigenvalue weighted by molar-refractivity contribution is -0.274. The number of carbonyl (C=O) groups excluding carboxylic acids is 1. The van der Waals surface area contributed by atoms with Gasteiger partial charge in [0.1, 0.15) is 11.4 Å². The Balaban J connectivity index is 0.00000204. The molecule has 1 heterocycles. The van der Waals surface area contributed by atoms with Gasteiger partial charge in [-0.3, -0.25) is 4.90 Å². The molecule has 1 saturated heterocycles. The first-order chi connectivity index (χ1) is 13.4. The lowest BCUT2D eigenvalue weighted by Crippen LogP contribution is -2.54. The summed E-state index contributed by atoms with van der Waals surface area (Å²) in [6.45, 7) is 15.2. The Hall–Kier alpha value is -1.96. The monoisotopic (exact) mass is 418 g/mol. The number of piperazine rings is 1. The quantitative estimate of drug-likeness (QED) is 0.640. The van der Waals surface area contributed by atoms with Gasteiger partial charge in [0.25, 0.3) is 0 Å². The van der Waals surface area contributed by atoms with Crippen molar-refractivity contribution in [1.82, 2.24) is 9.80 Å². The normalized spacial score (nSPS) is 19.1. The molecule has 1 aromatic carbocycles. The summed E-state index contributed by atoms with van der Waals surface area (Å²) >= 11 is 0. The van der Waals surface area contributed by atoms with Gasteiger partial charge >= 0.3 is 12.5 Å². The molecule has 1 aliphatic heterocycles. The first kappa shape index (κ1) is 25.1. The Bertz CT molecular complexity index is 642. The fourth-order valence-corrected chi connectivity index (χ4v) is 3.18. The Kier molecular flexibility index (Phi) is 8.81. The number of amides is 1. The highest BCUT2D eigenvalue weighted by molar-refractivity contribution is 5.68. The van der Waals surface area contributed by atoms with Crippen molar-refractivity contribution >= 4 is 6.09 Å². The second-order valence-electron chi connectivity index (χ2n) is 7.81. The van der Waals surface area contributed by atoms with Crippen LogP contribution >= 0.6 is 0 Å². The van der Waals surface area contributed by atoms with Crippen LogP contribution in [0.2, 0.25) is 0 Å². The molecule has 0 saturated carbocycles. The minimum atomic E-state index is -4.69. The van der Waals surface area contributed by atoms with Crippen LogP contribution in [0.1, 0.15) is 60.1 Å². The highest BCUT2D eigenvalue weighted by atomic mass is 19.4. The zero-order valence-corrected chi connectivity index (χ0v) is 18.3. The number of halogens is 3. The van der Waals surface area contributed by atoms with E-state index < -0.39 is 12.0 Å². The van der Waals surface area contributed by atoms with Crippen LogP contribution in [0.5, 0.6) is 5.75 Å². The summed E-state index contributed by atoms with van der Waals surface area (Å²) in [5, 5.41) is 0. The Morgan fingerprint density at radius 3 is 2.10 bits per heavy atom. The molecule has 5 nitrogen and oxygen atoms in total. The van der Waals surface area contributed by atoms with Gasteiger partial charge in [-0.1, -0.05) is 26.0 Å². The van der Waals surface area contributed by atoms with Crippen molar-refractivity contribution in [2.75, 3.05) is 19.6 Å². The third-order valence-electron chi connectivity index (χ3n) is 4.42. The Morgan fingerprint density at radius 1 is 1.10 bits per heavy atom. The summed E-state index contributed by atoms with van der Waals surface area (Å²) in [6.07, 6.45) is -5.02. The standard InChI is InChI=1S/C19H27F3N2O3.C2H6/c1-13-12-23(17(25)27-18(3,4)5)10-11-24(13)14(2)15-6-8-16(9-7-15)26-19(20,21)22;1-2/h6-9,13-14H,10-12H2,1-5H3;1-2H3. The van der Waals surface area contributed by atoms with E-state index in [4.69, 9.17) is 4.74 Å². The molecule has 2 rings (SSSR count). The molecule has 0 aliphatic carbocycles. The summed E-state index contributed by atoms with van der Waals surface area (Å²) in [5.41, 5.74) is 0.354. The Morgan fingerprint density at radius 2 is 1.66 bits per heavy atom. The lowest BCUT2D eigenvalue weighted by atomic mass is 10.0. The van der Waals surface area contributed by atoms with Gasteiger partial charge in [-0.2, -0.15) is 0 Å². The van der Waals surface area contributed by atoms with Gasteiger partial charge in [0.05, 0.1) is 0 Å². The molecule has 1 aromatic rings. The van der Waals surface area contributed by atoms with Gasteiger partial charge in [-0.05, 0) is 52.3 Å². The molecule has 0 bridgehead atoms. The average molecular weight is 419 g/mol. The molecule has 1 fully saturated rings. The topological polar surface area (TPSA) is 42.0 Å². The second-order valence-corrected chi connectivity index (χ2v) is 7.81. The zero-order chi connectivity index (χ0) is 22.4. The van der Waals surface area contributed by atoms with Gasteiger partial charge < -0.3 is 14.4 Å². The second kappa shape index (κ2) is 10.2. The molecule has 0 aromatic heterocycles. The fraction of sp³-hybridized carbons (Fsp3) is 0.667. The number of nitrogens with zero attached hydrogens (tertiary/aromatic N) is 2. The highest BCUT2D eigenvalue weighted by Gasteiger charge is 2.33. The van der Waals surface area contributed by atoms with Crippen LogP contribution in [0.15, 0.2) is 24.3 Å². The van der Waals surface area contributed by atoms with Crippen molar-refractivity contribution in [3.63, 3.8) is 0 Å². The van der Waals surface area contributed by atoms with E-state index in [1.807, 2.05) is 48.5 Å². The van der Waals surface area contributed by atoms with Gasteiger partial charge in [0.15, 0.2) is 0 Å². The molecule has 29 heavy (non-hydrogen) atoms. The molecule has 1 amide bonds. The SMILES string of the molecule is CC.CC1CN(C(=O)OC(C)(C)C)CCN1C(C)c1ccc(OC(F)(F)F)cc1. The maximum Gasteiger partial charge on any atom is 0.573 e. The third-order valence-corrected chi connectivity index (χ3v) is 4.42. The molecule has 2 atom stereocenters. The number of ether oxygens (including phenoxy) is 2. The van der Waals surface area contributed by atoms with E-state index in [9.17, 15) is 18.0 Å². The number of carbonyl (C=O) groups is 1. The van der Waals surface area contributed by atoms with Crippen molar-refractivity contribution in [3.05, 3.63) is 29.8 Å². The molecule has 0 spiro atoms. The number of benzene rings is 1. The summed E-state index contributed by atoms with van der Waals surface area (Å²) in [6, 6.07) is 6.01. The van der Waals surface area contributed by atoms with E-state index in [1.165, 1.54) is 12.1 Å². The minimum absolute atomic E-state index is 0.000670. The molecule has 2 unspecified atom stereocenters. The molecule has 1 aliphatic rings. The maximum atomic E-state index is 12.3. The minimum Gasteiger partial charge on any atom is -0.444 e. The van der Waals surface area contributed by atoms with Crippen molar-refractivity contribution in [2.45, 2.75) is 72.5 Å². The average Bonchev–Trinajstić information content (AvgIpc) is 2.60. The van der Waals surface area contributed by atoms with Crippen molar-refractivity contribution < 1.29 is 27.4 Å². The molecule has 166 valence electrons. The summed E-state index contributed by atoms with van der Waals surface area (Å²) in [4.78, 5) is 16.2. The molecule has 8 heteroatoms. The van der Waals surface area contributed by atoms with Crippen LogP contribution in [0.4, 0.5) is 18.0 Å². The van der Waals surface area contributed by atoms with E-state index in [-0.39, 0.29) is 23.9 Å². The first-order valence-corrected chi connectivity index (χ1v) is 9.95. The van der Waals surface area contributed by atoms with Crippen LogP contribution < -0.4 is 4.74 Å². The molecule has 0 radical (unpaired) electrons. The van der Waals surface area contributed by atoms with E-state index in [0.717, 1.165) is 5.56 Å². The number of rotatable bonds is 3. The predicted molar refractivity (Wildman–Crippen MR) is 107 cm³/mol. The molecular formula is C21H33F3N2O3. The van der Waals surface area contributed by atoms with Gasteiger partial charge in [0, 0.05) is 31.7 Å². The van der Waals surface area contributed by atoms with Gasteiger partial charge in [0.2, 0.25) is 0 Å². The molecule has 0 N–H and O–H groups in total. The van der Waals surface area contributed by atoms with E-state index in [2.05, 4.69) is 9.64 Å². The maximum absolute atomic E-state index is 12.3. The molecular weight excluding hydrogens is 385 g/mol. The van der Waals surface area contributed by atoms with Crippen LogP contribution in [0.25, 0.3) is 0 Å². The summed E-state index contributed by atoms with van der Waals surface area (Å²) in [7, 11) is 0. The first-order valence-electron chi connectivity index (χ1n) is 9.95. The van der Waals surface area contributed by atoms with Gasteiger partial charge in [-0.15, -0.1) is 13.2 Å². The van der Waals surface area contributed by atoms with Crippen LogP contribution in [0, 0.1) is 0 Å². The number of hydrogen-bond donors (Lipinski definition) is 0. The summed E-state index contributed by atoms with van der Waals surface area (Å²) in [5.74, 6) is -0.235. The van der Waals surface area contributed by atoms with Crippen molar-refractivity contribution in [2.24, 2.45) is 0 Å². The van der Waals surface area contributed by atoms with Crippen LogP contribution in [-0.4, -0.2) is 53.5 Å².